The van der Waals surface area contributed by atoms with Gasteiger partial charge in [0.1, 0.15) is 0 Å². The van der Waals surface area contributed by atoms with Crippen LogP contribution in [0, 0.1) is 29.1 Å². The van der Waals surface area contributed by atoms with Crippen LogP contribution in [0.5, 0.6) is 0 Å². The normalized spacial score (nSPS) is 59.6. The van der Waals surface area contributed by atoms with Gasteiger partial charge < -0.3 is 11.5 Å². The first-order valence-electron chi connectivity index (χ1n) is 6.74. The average molecular weight is 206 g/mol. The minimum absolute atomic E-state index is 0.323. The Balaban J connectivity index is 1.58. The summed E-state index contributed by atoms with van der Waals surface area (Å²) in [5.41, 5.74) is 12.7. The predicted molar refractivity (Wildman–Crippen MR) is 59.8 cm³/mol. The molecular weight excluding hydrogens is 184 g/mol. The van der Waals surface area contributed by atoms with E-state index in [1.54, 1.807) is 0 Å². The van der Waals surface area contributed by atoms with Gasteiger partial charge in [0.15, 0.2) is 0 Å². The first-order chi connectivity index (χ1) is 7.16. The van der Waals surface area contributed by atoms with Gasteiger partial charge in [-0.2, -0.15) is 0 Å². The van der Waals surface area contributed by atoms with Gasteiger partial charge in [0, 0.05) is 0 Å². The molecule has 1 spiro atoms. The van der Waals surface area contributed by atoms with Crippen LogP contribution in [0.15, 0.2) is 0 Å². The zero-order valence-electron chi connectivity index (χ0n) is 9.41. The van der Waals surface area contributed by atoms with Gasteiger partial charge in [-0.05, 0) is 61.2 Å². The van der Waals surface area contributed by atoms with Crippen molar-refractivity contribution in [3.63, 3.8) is 0 Å². The maximum atomic E-state index is 6.11. The minimum Gasteiger partial charge on any atom is -0.313 e. The van der Waals surface area contributed by atoms with Gasteiger partial charge in [-0.25, -0.2) is 0 Å². The summed E-state index contributed by atoms with van der Waals surface area (Å²) < 4.78 is 0. The summed E-state index contributed by atoms with van der Waals surface area (Å²) in [6.07, 6.45) is 9.50. The largest absolute Gasteiger partial charge is 0.313 e. The molecular formula is C13H22N2. The van der Waals surface area contributed by atoms with E-state index in [4.69, 9.17) is 11.5 Å². The van der Waals surface area contributed by atoms with E-state index < -0.39 is 0 Å². The highest BCUT2D eigenvalue weighted by Crippen LogP contribution is 2.87. The monoisotopic (exact) mass is 206 g/mol. The molecule has 0 aromatic carbocycles. The van der Waals surface area contributed by atoms with Crippen LogP contribution in [0.3, 0.4) is 0 Å². The molecule has 84 valence electrons. The Morgan fingerprint density at radius 3 is 2.00 bits per heavy atom. The van der Waals surface area contributed by atoms with Crippen LogP contribution in [0.1, 0.15) is 44.9 Å². The Kier molecular flexibility index (Phi) is 1.46. The number of rotatable bonds is 0. The maximum absolute atomic E-state index is 6.11. The van der Waals surface area contributed by atoms with Crippen LogP contribution < -0.4 is 11.5 Å². The standard InChI is InChI=1S/C13H22N2/c14-12(15)6-5-10-11(7-12)13(10)8-3-1-2-4-9(8)13/h8-11H,1-7,14-15H2. The fraction of sp³-hybridized carbons (Fsp3) is 1.00. The van der Waals surface area contributed by atoms with Crippen molar-refractivity contribution >= 4 is 0 Å². The van der Waals surface area contributed by atoms with Crippen molar-refractivity contribution in [2.24, 2.45) is 40.6 Å². The van der Waals surface area contributed by atoms with Gasteiger partial charge in [-0.15, -0.1) is 0 Å². The molecule has 0 saturated heterocycles. The van der Waals surface area contributed by atoms with Crippen LogP contribution in [-0.4, -0.2) is 5.66 Å². The maximum Gasteiger partial charge on any atom is 0.0639 e. The molecule has 0 aromatic heterocycles. The smallest absolute Gasteiger partial charge is 0.0639 e. The highest BCUT2D eigenvalue weighted by molar-refractivity contribution is 5.31. The molecule has 4 rings (SSSR count). The number of hydrogen-bond acceptors (Lipinski definition) is 2. The zero-order valence-corrected chi connectivity index (χ0v) is 9.41. The Morgan fingerprint density at radius 2 is 1.40 bits per heavy atom. The van der Waals surface area contributed by atoms with Gasteiger partial charge >= 0.3 is 0 Å². The SMILES string of the molecule is NC1(N)CCC2C(C1)C21C2CCCCC21. The lowest BCUT2D eigenvalue weighted by atomic mass is 9.91. The molecule has 0 bridgehead atoms. The Bertz CT molecular complexity index is 298. The third kappa shape index (κ3) is 0.938. The molecule has 4 saturated carbocycles. The van der Waals surface area contributed by atoms with Crippen molar-refractivity contribution in [3.8, 4) is 0 Å². The third-order valence-corrected chi connectivity index (χ3v) is 6.12. The fourth-order valence-electron chi connectivity index (χ4n) is 5.61. The molecule has 0 aliphatic heterocycles. The van der Waals surface area contributed by atoms with Gasteiger partial charge in [0.25, 0.3) is 0 Å². The van der Waals surface area contributed by atoms with Crippen molar-refractivity contribution in [1.82, 2.24) is 0 Å². The van der Waals surface area contributed by atoms with Crippen LogP contribution in [0.2, 0.25) is 0 Å². The first-order valence-corrected chi connectivity index (χ1v) is 6.74. The van der Waals surface area contributed by atoms with Crippen molar-refractivity contribution in [1.29, 1.82) is 0 Å². The van der Waals surface area contributed by atoms with Crippen molar-refractivity contribution in [3.05, 3.63) is 0 Å². The summed E-state index contributed by atoms with van der Waals surface area (Å²) in [5.74, 6) is 4.14. The van der Waals surface area contributed by atoms with Gasteiger partial charge in [0.2, 0.25) is 0 Å². The Labute approximate surface area is 91.8 Å². The highest BCUT2D eigenvalue weighted by Gasteiger charge is 2.83. The van der Waals surface area contributed by atoms with E-state index in [0.29, 0.717) is 0 Å². The van der Waals surface area contributed by atoms with Crippen molar-refractivity contribution < 1.29 is 0 Å². The molecule has 0 amide bonds. The quantitative estimate of drug-likeness (QED) is 0.594. The fourth-order valence-corrected chi connectivity index (χ4v) is 5.61. The van der Waals surface area contributed by atoms with Crippen LogP contribution in [0.25, 0.3) is 0 Å². The Morgan fingerprint density at radius 1 is 0.800 bits per heavy atom. The van der Waals surface area contributed by atoms with Gasteiger partial charge in [-0.1, -0.05) is 12.8 Å². The minimum atomic E-state index is -0.323. The summed E-state index contributed by atoms with van der Waals surface area (Å²) >= 11 is 0. The van der Waals surface area contributed by atoms with E-state index in [-0.39, 0.29) is 5.66 Å². The number of fused-ring (bicyclic) bond motifs is 6. The van der Waals surface area contributed by atoms with Crippen molar-refractivity contribution in [2.45, 2.75) is 50.6 Å². The third-order valence-electron chi connectivity index (χ3n) is 6.12. The number of hydrogen-bond donors (Lipinski definition) is 2. The summed E-state index contributed by atoms with van der Waals surface area (Å²) in [4.78, 5) is 0. The molecule has 2 nitrogen and oxygen atoms in total. The Hall–Kier alpha value is -0.0800. The molecule has 4 aliphatic carbocycles. The van der Waals surface area contributed by atoms with E-state index in [0.717, 1.165) is 41.9 Å². The average Bonchev–Trinajstić information content (AvgIpc) is 3.04. The molecule has 0 aromatic rings. The number of nitrogens with two attached hydrogens (primary N) is 2. The molecule has 15 heavy (non-hydrogen) atoms. The van der Waals surface area contributed by atoms with Crippen molar-refractivity contribution in [2.75, 3.05) is 0 Å². The van der Waals surface area contributed by atoms with E-state index in [2.05, 4.69) is 0 Å². The lowest BCUT2D eigenvalue weighted by Gasteiger charge is -2.28. The summed E-state index contributed by atoms with van der Waals surface area (Å²) in [6, 6.07) is 0. The molecule has 4 atom stereocenters. The van der Waals surface area contributed by atoms with E-state index in [9.17, 15) is 0 Å². The van der Waals surface area contributed by atoms with Gasteiger partial charge in [-0.3, -0.25) is 0 Å². The molecule has 4 N–H and O–H groups in total. The molecule has 0 radical (unpaired) electrons. The summed E-state index contributed by atoms with van der Waals surface area (Å²) in [5, 5.41) is 0. The van der Waals surface area contributed by atoms with Crippen LogP contribution in [0.4, 0.5) is 0 Å². The van der Waals surface area contributed by atoms with E-state index in [1.807, 2.05) is 0 Å². The molecule has 2 heteroatoms. The summed E-state index contributed by atoms with van der Waals surface area (Å²) in [6.45, 7) is 0. The lowest BCUT2D eigenvalue weighted by Crippen LogP contribution is -2.51. The second-order valence-corrected chi connectivity index (χ2v) is 6.69. The second-order valence-electron chi connectivity index (χ2n) is 6.69. The topological polar surface area (TPSA) is 52.0 Å². The molecule has 4 aliphatic rings. The molecule has 4 fully saturated rings. The summed E-state index contributed by atoms with van der Waals surface area (Å²) in [7, 11) is 0. The van der Waals surface area contributed by atoms with E-state index in [1.165, 1.54) is 32.1 Å². The highest BCUT2D eigenvalue weighted by atomic mass is 15.0. The zero-order chi connectivity index (χ0) is 10.3. The van der Waals surface area contributed by atoms with Crippen LogP contribution in [-0.2, 0) is 0 Å². The predicted octanol–water partition coefficient (Wildman–Crippen LogP) is 1.84. The molecule has 0 heterocycles. The van der Waals surface area contributed by atoms with E-state index >= 15 is 0 Å². The first kappa shape index (κ1) is 9.00. The van der Waals surface area contributed by atoms with Gasteiger partial charge in [0.05, 0.1) is 5.66 Å². The van der Waals surface area contributed by atoms with Crippen LogP contribution >= 0.6 is 0 Å². The second kappa shape index (κ2) is 2.43. The molecule has 4 unspecified atom stereocenters. The lowest BCUT2D eigenvalue weighted by molar-refractivity contribution is 0.292.